The van der Waals surface area contributed by atoms with Crippen molar-refractivity contribution in [1.82, 2.24) is 0 Å². The van der Waals surface area contributed by atoms with E-state index in [9.17, 15) is 4.79 Å². The number of nitrogens with zero attached hydrogens (tertiary/aromatic N) is 1. The van der Waals surface area contributed by atoms with E-state index in [1.165, 1.54) is 22.4 Å². The van der Waals surface area contributed by atoms with E-state index in [0.29, 0.717) is 0 Å². The van der Waals surface area contributed by atoms with Crippen LogP contribution in [0.15, 0.2) is 42.5 Å². The third kappa shape index (κ3) is 2.99. The highest BCUT2D eigenvalue weighted by Gasteiger charge is 2.18. The topological polar surface area (TPSA) is 20.3 Å². The van der Waals surface area contributed by atoms with Gasteiger partial charge in [-0.25, -0.2) is 0 Å². The molecule has 0 radical (unpaired) electrons. The van der Waals surface area contributed by atoms with Gasteiger partial charge >= 0.3 is 0 Å². The number of ketones is 1. The van der Waals surface area contributed by atoms with Crippen molar-refractivity contribution in [3.05, 3.63) is 64.7 Å². The molecule has 0 aromatic heterocycles. The van der Waals surface area contributed by atoms with E-state index in [2.05, 4.69) is 48.2 Å². The molecule has 1 aliphatic heterocycles. The van der Waals surface area contributed by atoms with Crippen LogP contribution < -0.4 is 4.90 Å². The first-order valence-electron chi connectivity index (χ1n) is 7.58. The molecule has 0 saturated heterocycles. The minimum Gasteiger partial charge on any atom is -0.367 e. The summed E-state index contributed by atoms with van der Waals surface area (Å²) < 4.78 is 0. The van der Waals surface area contributed by atoms with Gasteiger partial charge in [-0.05, 0) is 56.0 Å². The molecule has 2 heteroatoms. The van der Waals surface area contributed by atoms with Gasteiger partial charge in [0.1, 0.15) is 0 Å². The highest BCUT2D eigenvalue weighted by atomic mass is 16.1. The van der Waals surface area contributed by atoms with Crippen molar-refractivity contribution in [2.24, 2.45) is 0 Å². The first-order chi connectivity index (χ1) is 10.1. The number of aryl methyl sites for hydroxylation is 2. The summed E-state index contributed by atoms with van der Waals surface area (Å²) in [5.74, 6) is 0.147. The van der Waals surface area contributed by atoms with Crippen molar-refractivity contribution in [1.29, 1.82) is 0 Å². The molecule has 1 aliphatic rings. The Kier molecular flexibility index (Phi) is 3.78. The quantitative estimate of drug-likeness (QED) is 0.787. The van der Waals surface area contributed by atoms with Gasteiger partial charge in [0.2, 0.25) is 0 Å². The molecule has 2 aromatic carbocycles. The van der Waals surface area contributed by atoms with E-state index < -0.39 is 0 Å². The monoisotopic (exact) mass is 279 g/mol. The zero-order chi connectivity index (χ0) is 14.8. The van der Waals surface area contributed by atoms with E-state index in [4.69, 9.17) is 0 Å². The van der Waals surface area contributed by atoms with Crippen LogP contribution in [-0.2, 0) is 13.0 Å². The van der Waals surface area contributed by atoms with Gasteiger partial charge in [-0.1, -0.05) is 29.8 Å². The molecule has 21 heavy (non-hydrogen) atoms. The summed E-state index contributed by atoms with van der Waals surface area (Å²) in [4.78, 5) is 14.0. The van der Waals surface area contributed by atoms with Crippen molar-refractivity contribution in [3.8, 4) is 0 Å². The van der Waals surface area contributed by atoms with Gasteiger partial charge in [0.05, 0.1) is 0 Å². The lowest BCUT2D eigenvalue weighted by Gasteiger charge is -2.31. The molecule has 0 aliphatic carbocycles. The molecule has 2 nitrogen and oxygen atoms in total. The largest absolute Gasteiger partial charge is 0.367 e. The normalized spacial score (nSPS) is 13.9. The van der Waals surface area contributed by atoms with E-state index in [1.807, 2.05) is 6.07 Å². The maximum Gasteiger partial charge on any atom is 0.159 e. The molecule has 108 valence electrons. The molecule has 0 saturated carbocycles. The standard InChI is InChI=1S/C19H21NO/c1-14-5-3-6-16(11-14)13-20-10-4-7-18-12-17(15(2)21)8-9-19(18)20/h3,5-6,8-9,11-12H,4,7,10,13H2,1-2H3. The second kappa shape index (κ2) is 5.72. The lowest BCUT2D eigenvalue weighted by atomic mass is 9.97. The summed E-state index contributed by atoms with van der Waals surface area (Å²) in [6, 6.07) is 14.8. The van der Waals surface area contributed by atoms with Gasteiger partial charge in [-0.15, -0.1) is 0 Å². The second-order valence-corrected chi connectivity index (χ2v) is 5.91. The number of anilines is 1. The molecule has 0 unspecified atom stereocenters. The second-order valence-electron chi connectivity index (χ2n) is 5.91. The third-order valence-electron chi connectivity index (χ3n) is 4.16. The minimum atomic E-state index is 0.147. The fourth-order valence-electron chi connectivity index (χ4n) is 3.09. The van der Waals surface area contributed by atoms with Crippen LogP contribution in [0.5, 0.6) is 0 Å². The summed E-state index contributed by atoms with van der Waals surface area (Å²) in [5.41, 5.74) is 6.07. The zero-order valence-electron chi connectivity index (χ0n) is 12.7. The number of rotatable bonds is 3. The summed E-state index contributed by atoms with van der Waals surface area (Å²) in [5, 5.41) is 0. The van der Waals surface area contributed by atoms with Gasteiger partial charge in [-0.2, -0.15) is 0 Å². The average Bonchev–Trinajstić information content (AvgIpc) is 2.47. The molecule has 1 heterocycles. The lowest BCUT2D eigenvalue weighted by Crippen LogP contribution is -2.29. The number of Topliss-reactive ketones (excluding diaryl/α,β-unsaturated/α-hetero) is 1. The fourth-order valence-corrected chi connectivity index (χ4v) is 3.09. The number of carbonyl (C=O) groups is 1. The Morgan fingerprint density at radius 1 is 1.19 bits per heavy atom. The molecule has 0 atom stereocenters. The summed E-state index contributed by atoms with van der Waals surface area (Å²) in [6.07, 6.45) is 2.22. The van der Waals surface area contributed by atoms with Gasteiger partial charge in [0, 0.05) is 24.3 Å². The Morgan fingerprint density at radius 2 is 2.05 bits per heavy atom. The van der Waals surface area contributed by atoms with Crippen LogP contribution >= 0.6 is 0 Å². The Bertz CT molecular complexity index is 675. The van der Waals surface area contributed by atoms with Crippen LogP contribution in [0.2, 0.25) is 0 Å². The summed E-state index contributed by atoms with van der Waals surface area (Å²) in [7, 11) is 0. The Balaban J connectivity index is 1.88. The van der Waals surface area contributed by atoms with Crippen LogP contribution in [0.4, 0.5) is 5.69 Å². The number of benzene rings is 2. The molecule has 0 spiro atoms. The number of fused-ring (bicyclic) bond motifs is 1. The summed E-state index contributed by atoms with van der Waals surface area (Å²) >= 11 is 0. The van der Waals surface area contributed by atoms with Crippen LogP contribution in [0.1, 0.15) is 40.4 Å². The fraction of sp³-hybridized carbons (Fsp3) is 0.316. The van der Waals surface area contributed by atoms with Crippen molar-refractivity contribution in [3.63, 3.8) is 0 Å². The SMILES string of the molecule is CC(=O)c1ccc2c(c1)CCCN2Cc1cccc(C)c1. The van der Waals surface area contributed by atoms with E-state index >= 15 is 0 Å². The average molecular weight is 279 g/mol. The molecular weight excluding hydrogens is 258 g/mol. The number of carbonyl (C=O) groups excluding carboxylic acids is 1. The third-order valence-corrected chi connectivity index (χ3v) is 4.16. The van der Waals surface area contributed by atoms with Crippen LogP contribution in [0, 0.1) is 6.92 Å². The predicted octanol–water partition coefficient (Wildman–Crippen LogP) is 4.15. The van der Waals surface area contributed by atoms with Crippen molar-refractivity contribution in [2.75, 3.05) is 11.4 Å². The number of hydrogen-bond donors (Lipinski definition) is 0. The van der Waals surface area contributed by atoms with Gasteiger partial charge in [-0.3, -0.25) is 4.79 Å². The van der Waals surface area contributed by atoms with Crippen molar-refractivity contribution >= 4 is 11.5 Å². The van der Waals surface area contributed by atoms with Gasteiger partial charge in [0.15, 0.2) is 5.78 Å². The maximum absolute atomic E-state index is 11.5. The molecule has 3 rings (SSSR count). The van der Waals surface area contributed by atoms with Crippen LogP contribution in [-0.4, -0.2) is 12.3 Å². The predicted molar refractivity (Wildman–Crippen MR) is 87.0 cm³/mol. The number of hydrogen-bond acceptors (Lipinski definition) is 2. The van der Waals surface area contributed by atoms with Crippen LogP contribution in [0.3, 0.4) is 0 Å². The molecule has 0 bridgehead atoms. The van der Waals surface area contributed by atoms with E-state index in [0.717, 1.165) is 31.5 Å². The van der Waals surface area contributed by atoms with Crippen LogP contribution in [0.25, 0.3) is 0 Å². The first-order valence-corrected chi connectivity index (χ1v) is 7.58. The highest BCUT2D eigenvalue weighted by molar-refractivity contribution is 5.94. The highest BCUT2D eigenvalue weighted by Crippen LogP contribution is 2.29. The smallest absolute Gasteiger partial charge is 0.159 e. The van der Waals surface area contributed by atoms with Gasteiger partial charge < -0.3 is 4.90 Å². The molecule has 2 aromatic rings. The molecule has 0 amide bonds. The van der Waals surface area contributed by atoms with Crippen molar-refractivity contribution in [2.45, 2.75) is 33.2 Å². The molecular formula is C19H21NO. The zero-order valence-corrected chi connectivity index (χ0v) is 12.7. The Morgan fingerprint density at radius 3 is 2.81 bits per heavy atom. The van der Waals surface area contributed by atoms with Crippen molar-refractivity contribution < 1.29 is 4.79 Å². The maximum atomic E-state index is 11.5. The first kappa shape index (κ1) is 13.9. The molecule has 0 N–H and O–H groups in total. The Labute approximate surface area is 126 Å². The van der Waals surface area contributed by atoms with E-state index in [1.54, 1.807) is 6.92 Å². The molecule has 0 fully saturated rings. The Hall–Kier alpha value is -2.09. The summed E-state index contributed by atoms with van der Waals surface area (Å²) in [6.45, 7) is 5.79. The van der Waals surface area contributed by atoms with E-state index in [-0.39, 0.29) is 5.78 Å². The van der Waals surface area contributed by atoms with Gasteiger partial charge in [0.25, 0.3) is 0 Å². The lowest BCUT2D eigenvalue weighted by molar-refractivity contribution is 0.101. The minimum absolute atomic E-state index is 0.147.